The van der Waals surface area contributed by atoms with Gasteiger partial charge in [-0.3, -0.25) is 9.59 Å². The molecule has 0 aliphatic heterocycles. The van der Waals surface area contributed by atoms with Crippen molar-refractivity contribution in [2.24, 2.45) is 0 Å². The van der Waals surface area contributed by atoms with Crippen molar-refractivity contribution < 1.29 is 9.59 Å². The van der Waals surface area contributed by atoms with E-state index in [0.717, 1.165) is 6.42 Å². The molecule has 0 radical (unpaired) electrons. The molecule has 0 saturated carbocycles. The van der Waals surface area contributed by atoms with E-state index in [0.29, 0.717) is 0 Å². The molecule has 0 heterocycles. The number of carbonyl (C=O) groups excluding carboxylic acids is 2. The molecule has 2 amide bonds. The van der Waals surface area contributed by atoms with Gasteiger partial charge >= 0.3 is 0 Å². The molecule has 0 aliphatic rings. The van der Waals surface area contributed by atoms with Gasteiger partial charge < -0.3 is 9.80 Å². The van der Waals surface area contributed by atoms with Crippen molar-refractivity contribution in [3.05, 3.63) is 0 Å². The van der Waals surface area contributed by atoms with Crippen molar-refractivity contribution >= 4 is 27.7 Å². The summed E-state index contributed by atoms with van der Waals surface area (Å²) in [6.45, 7) is 2.05. The lowest BCUT2D eigenvalue weighted by atomic mass is 10.3. The number of halogens is 1. The number of hydrogen-bond acceptors (Lipinski definition) is 2. The second-order valence-corrected chi connectivity index (χ2v) is 4.46. The molecule has 0 aromatic carbocycles. The predicted octanol–water partition coefficient (Wildman–Crippen LogP) is 0.707. The van der Waals surface area contributed by atoms with Crippen molar-refractivity contribution in [2.75, 3.05) is 27.7 Å². The molecule has 0 aliphatic carbocycles. The molecular weight excluding hydrogens is 248 g/mol. The van der Waals surface area contributed by atoms with Crippen LogP contribution in [0.3, 0.4) is 0 Å². The highest BCUT2D eigenvalue weighted by Crippen LogP contribution is 2.07. The molecule has 4 nitrogen and oxygen atoms in total. The Kier molecular flexibility index (Phi) is 5.76. The van der Waals surface area contributed by atoms with E-state index < -0.39 is 0 Å². The van der Waals surface area contributed by atoms with Gasteiger partial charge in [-0.15, -0.1) is 0 Å². The SMILES string of the molecule is CCC(Br)C(=O)N(C)CC(=O)N(C)C. The third-order valence-corrected chi connectivity index (χ3v) is 2.91. The van der Waals surface area contributed by atoms with Gasteiger partial charge in [0.25, 0.3) is 0 Å². The Morgan fingerprint density at radius 2 is 1.79 bits per heavy atom. The van der Waals surface area contributed by atoms with Crippen molar-refractivity contribution in [1.29, 1.82) is 0 Å². The van der Waals surface area contributed by atoms with Gasteiger partial charge in [-0.25, -0.2) is 0 Å². The highest BCUT2D eigenvalue weighted by atomic mass is 79.9. The van der Waals surface area contributed by atoms with Crippen LogP contribution >= 0.6 is 15.9 Å². The molecule has 1 unspecified atom stereocenters. The Morgan fingerprint density at radius 3 is 2.14 bits per heavy atom. The summed E-state index contributed by atoms with van der Waals surface area (Å²) in [7, 11) is 4.98. The Labute approximate surface area is 93.4 Å². The number of likely N-dealkylation sites (N-methyl/N-ethyl adjacent to an activating group) is 2. The van der Waals surface area contributed by atoms with Gasteiger partial charge in [0, 0.05) is 21.1 Å². The topological polar surface area (TPSA) is 40.6 Å². The number of hydrogen-bond donors (Lipinski definition) is 0. The van der Waals surface area contributed by atoms with Crippen LogP contribution in [0.25, 0.3) is 0 Å². The molecule has 0 spiro atoms. The normalized spacial score (nSPS) is 12.1. The first-order chi connectivity index (χ1) is 6.40. The first kappa shape index (κ1) is 13.4. The van der Waals surface area contributed by atoms with Crippen molar-refractivity contribution in [2.45, 2.75) is 18.2 Å². The number of alkyl halides is 1. The fourth-order valence-electron chi connectivity index (χ4n) is 0.836. The van der Waals surface area contributed by atoms with Gasteiger partial charge in [0.05, 0.1) is 11.4 Å². The van der Waals surface area contributed by atoms with Crippen molar-refractivity contribution in [1.82, 2.24) is 9.80 Å². The van der Waals surface area contributed by atoms with Crippen LogP contribution < -0.4 is 0 Å². The molecule has 0 aromatic rings. The van der Waals surface area contributed by atoms with E-state index in [2.05, 4.69) is 15.9 Å². The van der Waals surface area contributed by atoms with Crippen molar-refractivity contribution in [3.8, 4) is 0 Å². The van der Waals surface area contributed by atoms with Gasteiger partial charge in [-0.1, -0.05) is 22.9 Å². The number of nitrogens with zero attached hydrogens (tertiary/aromatic N) is 2. The van der Waals surface area contributed by atoms with Gasteiger partial charge in [-0.05, 0) is 6.42 Å². The Bertz CT molecular complexity index is 219. The van der Waals surface area contributed by atoms with E-state index in [1.54, 1.807) is 21.1 Å². The van der Waals surface area contributed by atoms with Crippen LogP contribution in [0, 0.1) is 0 Å². The maximum Gasteiger partial charge on any atom is 0.241 e. The summed E-state index contributed by atoms with van der Waals surface area (Å²) in [5.74, 6) is -0.126. The standard InChI is InChI=1S/C9H17BrN2O2/c1-5-7(10)9(14)12(4)6-8(13)11(2)3/h7H,5-6H2,1-4H3. The highest BCUT2D eigenvalue weighted by Gasteiger charge is 2.19. The average Bonchev–Trinajstić information content (AvgIpc) is 2.14. The Morgan fingerprint density at radius 1 is 1.29 bits per heavy atom. The van der Waals surface area contributed by atoms with Crippen LogP contribution in [0.5, 0.6) is 0 Å². The molecule has 82 valence electrons. The Balaban J connectivity index is 4.14. The molecule has 1 atom stereocenters. The molecule has 0 rings (SSSR count). The van der Waals surface area contributed by atoms with Crippen LogP contribution in [-0.4, -0.2) is 54.1 Å². The average molecular weight is 265 g/mol. The zero-order valence-corrected chi connectivity index (χ0v) is 10.7. The number of amides is 2. The van der Waals surface area contributed by atoms with Crippen LogP contribution in [0.1, 0.15) is 13.3 Å². The zero-order valence-electron chi connectivity index (χ0n) is 9.08. The third kappa shape index (κ3) is 4.09. The van der Waals surface area contributed by atoms with E-state index in [-0.39, 0.29) is 23.2 Å². The zero-order chi connectivity index (χ0) is 11.3. The van der Waals surface area contributed by atoms with Gasteiger partial charge in [-0.2, -0.15) is 0 Å². The highest BCUT2D eigenvalue weighted by molar-refractivity contribution is 9.10. The second-order valence-electron chi connectivity index (χ2n) is 3.36. The summed E-state index contributed by atoms with van der Waals surface area (Å²) in [5, 5.41) is 0. The van der Waals surface area contributed by atoms with Gasteiger partial charge in [0.2, 0.25) is 11.8 Å². The maximum absolute atomic E-state index is 11.5. The molecular formula is C9H17BrN2O2. The van der Waals surface area contributed by atoms with Crippen molar-refractivity contribution in [3.63, 3.8) is 0 Å². The lowest BCUT2D eigenvalue weighted by Crippen LogP contribution is -2.40. The van der Waals surface area contributed by atoms with E-state index >= 15 is 0 Å². The smallest absolute Gasteiger partial charge is 0.241 e. The minimum atomic E-state index is -0.192. The molecule has 0 fully saturated rings. The number of carbonyl (C=O) groups is 2. The minimum Gasteiger partial charge on any atom is -0.347 e. The van der Waals surface area contributed by atoms with Crippen LogP contribution in [0.4, 0.5) is 0 Å². The van der Waals surface area contributed by atoms with E-state index in [4.69, 9.17) is 0 Å². The molecule has 0 N–H and O–H groups in total. The number of rotatable bonds is 4. The second kappa shape index (κ2) is 6.01. The van der Waals surface area contributed by atoms with Crippen LogP contribution in [-0.2, 0) is 9.59 Å². The fourth-order valence-corrected chi connectivity index (χ4v) is 1.19. The van der Waals surface area contributed by atoms with Crippen LogP contribution in [0.15, 0.2) is 0 Å². The summed E-state index contributed by atoms with van der Waals surface area (Å²) < 4.78 is 0. The van der Waals surface area contributed by atoms with Gasteiger partial charge in [0.15, 0.2) is 0 Å². The third-order valence-electron chi connectivity index (χ3n) is 1.87. The molecule has 0 aromatic heterocycles. The summed E-state index contributed by atoms with van der Waals surface area (Å²) >= 11 is 3.25. The minimum absolute atomic E-state index is 0.0531. The molecule has 0 saturated heterocycles. The van der Waals surface area contributed by atoms with E-state index in [9.17, 15) is 9.59 Å². The summed E-state index contributed by atoms with van der Waals surface area (Å²) in [4.78, 5) is 25.5. The first-order valence-electron chi connectivity index (χ1n) is 4.49. The monoisotopic (exact) mass is 264 g/mol. The van der Waals surface area contributed by atoms with E-state index in [1.807, 2.05) is 6.92 Å². The molecule has 0 bridgehead atoms. The first-order valence-corrected chi connectivity index (χ1v) is 5.40. The lowest BCUT2D eigenvalue weighted by Gasteiger charge is -2.21. The molecule has 5 heteroatoms. The largest absolute Gasteiger partial charge is 0.347 e. The summed E-state index contributed by atoms with van der Waals surface area (Å²) in [6.07, 6.45) is 0.722. The maximum atomic E-state index is 11.5. The van der Waals surface area contributed by atoms with Gasteiger partial charge in [0.1, 0.15) is 0 Å². The summed E-state index contributed by atoms with van der Waals surface area (Å²) in [5.41, 5.74) is 0. The summed E-state index contributed by atoms with van der Waals surface area (Å²) in [6, 6.07) is 0. The lowest BCUT2D eigenvalue weighted by molar-refractivity contribution is -0.137. The predicted molar refractivity (Wildman–Crippen MR) is 59.3 cm³/mol. The van der Waals surface area contributed by atoms with E-state index in [1.165, 1.54) is 9.80 Å². The Hall–Kier alpha value is -0.580. The fraction of sp³-hybridized carbons (Fsp3) is 0.778. The van der Waals surface area contributed by atoms with Crippen LogP contribution in [0.2, 0.25) is 0 Å². The quantitative estimate of drug-likeness (QED) is 0.702. The molecule has 14 heavy (non-hydrogen) atoms.